The van der Waals surface area contributed by atoms with Crippen LogP contribution in [0, 0.1) is 5.82 Å². The summed E-state index contributed by atoms with van der Waals surface area (Å²) in [6, 6.07) is 7.08. The average molecular weight is 319 g/mol. The molecule has 0 aliphatic carbocycles. The van der Waals surface area contributed by atoms with Crippen LogP contribution >= 0.6 is 0 Å². The number of aromatic nitrogens is 2. The maximum absolute atomic E-state index is 14.1. The first-order valence-electron chi connectivity index (χ1n) is 7.24. The summed E-state index contributed by atoms with van der Waals surface area (Å²) in [5.41, 5.74) is 12.6. The van der Waals surface area contributed by atoms with Crippen molar-refractivity contribution in [3.63, 3.8) is 0 Å². The summed E-state index contributed by atoms with van der Waals surface area (Å²) in [7, 11) is 0. The van der Waals surface area contributed by atoms with Crippen molar-refractivity contribution in [3.05, 3.63) is 30.1 Å². The van der Waals surface area contributed by atoms with E-state index in [0.717, 1.165) is 5.69 Å². The zero-order chi connectivity index (χ0) is 16.4. The smallest absolute Gasteiger partial charge is 0.222 e. The van der Waals surface area contributed by atoms with E-state index in [9.17, 15) is 9.50 Å². The Morgan fingerprint density at radius 3 is 2.70 bits per heavy atom. The highest BCUT2D eigenvalue weighted by Crippen LogP contribution is 2.27. The fourth-order valence-electron chi connectivity index (χ4n) is 2.63. The fourth-order valence-corrected chi connectivity index (χ4v) is 2.63. The Kier molecular flexibility index (Phi) is 4.26. The summed E-state index contributed by atoms with van der Waals surface area (Å²) >= 11 is 0. The van der Waals surface area contributed by atoms with E-state index < -0.39 is 5.82 Å². The Hall–Kier alpha value is -2.45. The number of halogens is 1. The van der Waals surface area contributed by atoms with Crippen LogP contribution in [0.4, 0.5) is 21.8 Å². The Labute approximate surface area is 132 Å². The van der Waals surface area contributed by atoms with Crippen molar-refractivity contribution in [1.82, 2.24) is 9.97 Å². The van der Waals surface area contributed by atoms with Crippen molar-refractivity contribution >= 4 is 17.5 Å². The highest BCUT2D eigenvalue weighted by atomic mass is 19.1. The van der Waals surface area contributed by atoms with Crippen LogP contribution in [0.25, 0.3) is 11.3 Å². The van der Waals surface area contributed by atoms with E-state index in [1.165, 1.54) is 0 Å². The minimum Gasteiger partial charge on any atom is -0.394 e. The van der Waals surface area contributed by atoms with E-state index in [1.807, 2.05) is 12.1 Å². The lowest BCUT2D eigenvalue weighted by Crippen LogP contribution is -2.47. The molecule has 1 saturated heterocycles. The summed E-state index contributed by atoms with van der Waals surface area (Å²) in [6.45, 7) is 1.78. The Balaban J connectivity index is 1.90. The van der Waals surface area contributed by atoms with Gasteiger partial charge < -0.3 is 26.2 Å². The van der Waals surface area contributed by atoms with Crippen LogP contribution in [-0.2, 0) is 4.74 Å². The predicted octanol–water partition coefficient (Wildman–Crippen LogP) is 0.645. The van der Waals surface area contributed by atoms with Crippen molar-refractivity contribution in [2.24, 2.45) is 0 Å². The van der Waals surface area contributed by atoms with Crippen LogP contribution < -0.4 is 16.4 Å². The molecule has 2 heterocycles. The number of anilines is 3. The minimum atomic E-state index is -0.688. The third-order valence-corrected chi connectivity index (χ3v) is 3.80. The average Bonchev–Trinajstić information content (AvgIpc) is 2.58. The molecule has 1 atom stereocenters. The first-order chi connectivity index (χ1) is 11.1. The topological polar surface area (TPSA) is 111 Å². The summed E-state index contributed by atoms with van der Waals surface area (Å²) in [4.78, 5) is 9.57. The maximum atomic E-state index is 14.1. The number of nitrogens with zero attached hydrogens (tertiary/aromatic N) is 3. The molecule has 0 saturated carbocycles. The van der Waals surface area contributed by atoms with Crippen molar-refractivity contribution in [2.45, 2.75) is 6.04 Å². The van der Waals surface area contributed by atoms with Crippen LogP contribution in [0.3, 0.4) is 0 Å². The predicted molar refractivity (Wildman–Crippen MR) is 85.3 cm³/mol. The second-order valence-corrected chi connectivity index (χ2v) is 5.28. The Morgan fingerprint density at radius 2 is 2.00 bits per heavy atom. The van der Waals surface area contributed by atoms with Crippen LogP contribution in [0.5, 0.6) is 0 Å². The molecular weight excluding hydrogens is 301 g/mol. The molecule has 1 unspecified atom stereocenters. The molecule has 2 aromatic rings. The van der Waals surface area contributed by atoms with E-state index >= 15 is 0 Å². The molecule has 0 radical (unpaired) electrons. The molecule has 8 heteroatoms. The van der Waals surface area contributed by atoms with E-state index in [0.29, 0.717) is 25.3 Å². The van der Waals surface area contributed by atoms with Gasteiger partial charge >= 0.3 is 0 Å². The number of aliphatic hydroxyl groups is 1. The first-order valence-corrected chi connectivity index (χ1v) is 7.24. The molecule has 122 valence electrons. The van der Waals surface area contributed by atoms with Gasteiger partial charge in [0.15, 0.2) is 11.6 Å². The Bertz CT molecular complexity index is 695. The number of benzene rings is 1. The van der Waals surface area contributed by atoms with E-state index in [2.05, 4.69) is 14.9 Å². The van der Waals surface area contributed by atoms with E-state index in [4.69, 9.17) is 16.2 Å². The van der Waals surface area contributed by atoms with Crippen LogP contribution in [0.15, 0.2) is 24.3 Å². The lowest BCUT2D eigenvalue weighted by Gasteiger charge is -2.36. The quantitative estimate of drug-likeness (QED) is 0.761. The van der Waals surface area contributed by atoms with E-state index in [1.54, 1.807) is 12.1 Å². The second kappa shape index (κ2) is 6.35. The number of hydrogen-bond donors (Lipinski definition) is 3. The molecule has 7 nitrogen and oxygen atoms in total. The number of hydrogen-bond acceptors (Lipinski definition) is 7. The van der Waals surface area contributed by atoms with Gasteiger partial charge in [-0.3, -0.25) is 0 Å². The molecule has 3 rings (SSSR count). The molecule has 0 spiro atoms. The summed E-state index contributed by atoms with van der Waals surface area (Å²) < 4.78 is 19.4. The molecule has 1 fully saturated rings. The molecule has 0 bridgehead atoms. The minimum absolute atomic E-state index is 0.00928. The fraction of sp³-hybridized carbons (Fsp3) is 0.333. The summed E-state index contributed by atoms with van der Waals surface area (Å²) in [5.74, 6) is -1.03. The zero-order valence-corrected chi connectivity index (χ0v) is 12.4. The zero-order valence-electron chi connectivity index (χ0n) is 12.4. The number of ether oxygens (including phenoxy) is 1. The SMILES string of the molecule is Nc1nc(N)c(F)c(-c2ccc(N3CCOCC3CO)cc2)n1. The molecule has 23 heavy (non-hydrogen) atoms. The van der Waals surface area contributed by atoms with Gasteiger partial charge in [-0.15, -0.1) is 0 Å². The van der Waals surface area contributed by atoms with Crippen LogP contribution in [0.1, 0.15) is 0 Å². The van der Waals surface area contributed by atoms with Gasteiger partial charge in [0.2, 0.25) is 5.95 Å². The van der Waals surface area contributed by atoms with Crippen LogP contribution in [-0.4, -0.2) is 47.5 Å². The summed E-state index contributed by atoms with van der Waals surface area (Å²) in [5, 5.41) is 9.44. The van der Waals surface area contributed by atoms with Crippen molar-refractivity contribution in [1.29, 1.82) is 0 Å². The molecular formula is C15H18FN5O2. The van der Waals surface area contributed by atoms with Gasteiger partial charge in [-0.25, -0.2) is 9.37 Å². The van der Waals surface area contributed by atoms with Crippen LogP contribution in [0.2, 0.25) is 0 Å². The molecule has 5 N–H and O–H groups in total. The monoisotopic (exact) mass is 319 g/mol. The molecule has 1 aliphatic rings. The number of rotatable bonds is 3. The molecule has 1 aromatic heterocycles. The summed E-state index contributed by atoms with van der Waals surface area (Å²) in [6.07, 6.45) is 0. The largest absolute Gasteiger partial charge is 0.394 e. The molecule has 1 aromatic carbocycles. The van der Waals surface area contributed by atoms with Gasteiger partial charge in [-0.1, -0.05) is 12.1 Å². The lowest BCUT2D eigenvalue weighted by molar-refractivity contribution is 0.0727. The van der Waals surface area contributed by atoms with E-state index in [-0.39, 0.29) is 30.1 Å². The maximum Gasteiger partial charge on any atom is 0.222 e. The number of nitrogens with two attached hydrogens (primary N) is 2. The second-order valence-electron chi connectivity index (χ2n) is 5.28. The highest BCUT2D eigenvalue weighted by Gasteiger charge is 2.22. The number of morpholine rings is 1. The molecule has 0 amide bonds. The van der Waals surface area contributed by atoms with Crippen molar-refractivity contribution in [2.75, 3.05) is 42.7 Å². The third-order valence-electron chi connectivity index (χ3n) is 3.80. The van der Waals surface area contributed by atoms with Gasteiger partial charge in [0.1, 0.15) is 5.69 Å². The van der Waals surface area contributed by atoms with Gasteiger partial charge in [-0.2, -0.15) is 4.98 Å². The number of aliphatic hydroxyl groups excluding tert-OH is 1. The van der Waals surface area contributed by atoms with Gasteiger partial charge in [0.25, 0.3) is 0 Å². The normalized spacial score (nSPS) is 18.2. The van der Waals surface area contributed by atoms with Gasteiger partial charge in [0.05, 0.1) is 25.9 Å². The highest BCUT2D eigenvalue weighted by molar-refractivity contribution is 5.67. The Morgan fingerprint density at radius 1 is 1.26 bits per heavy atom. The first kappa shape index (κ1) is 15.4. The number of nitrogen functional groups attached to an aromatic ring is 2. The molecule has 1 aliphatic heterocycles. The lowest BCUT2D eigenvalue weighted by atomic mass is 10.1. The van der Waals surface area contributed by atoms with Crippen molar-refractivity contribution < 1.29 is 14.2 Å². The third kappa shape index (κ3) is 3.03. The van der Waals surface area contributed by atoms with Gasteiger partial charge in [0, 0.05) is 17.8 Å². The van der Waals surface area contributed by atoms with Gasteiger partial charge in [-0.05, 0) is 12.1 Å². The van der Waals surface area contributed by atoms with Crippen molar-refractivity contribution in [3.8, 4) is 11.3 Å². The standard InChI is InChI=1S/C15H18FN5O2/c16-12-13(19-15(18)20-14(12)17)9-1-3-10(4-2-9)21-5-6-23-8-11(21)7-22/h1-4,11,22H,5-8H2,(H4,17,18,19,20).